The Bertz CT molecular complexity index is 1610. The molecule has 70 heavy (non-hydrogen) atoms. The fraction of sp³-hybridized carbons (Fsp3) is 1.00. The van der Waals surface area contributed by atoms with Crippen molar-refractivity contribution in [2.45, 2.75) is 269 Å². The van der Waals surface area contributed by atoms with Crippen molar-refractivity contribution >= 4 is 0 Å². The fourth-order valence-electron chi connectivity index (χ4n) is 25.0. The average Bonchev–Trinajstić information content (AvgIpc) is 3.89. The standard InChI is InChI=1S/C64H110N6/c1-37-35-39(3)63(41(5)57(37)45-23-19-43(20-24-45)47-29-33-65-51-15-11-31-67-61(47)51)69-53-17-9-7-13-49(53)59-55(69)27-28-56-60(59)50-14-8-10-18-54(50)70(56)64-40(4)36-38(2)58(42(64)6)46-25-21-44(22-26-46)48-30-34-66-52-16-12-32-68-62(48)52/h37-68H,7-36H2,1-6H3. The zero-order valence-corrected chi connectivity index (χ0v) is 46.3. The third-order valence-electron chi connectivity index (χ3n) is 26.8. The zero-order chi connectivity index (χ0) is 47.4. The zero-order valence-electron chi connectivity index (χ0n) is 46.3. The molecule has 6 heteroatoms. The minimum atomic E-state index is 0.743. The third kappa shape index (κ3) is 8.48. The summed E-state index contributed by atoms with van der Waals surface area (Å²) < 4.78 is 0. The summed E-state index contributed by atoms with van der Waals surface area (Å²) in [5.41, 5.74) is 0. The molecule has 396 valence electrons. The van der Waals surface area contributed by atoms with Crippen LogP contribution in [0.4, 0.5) is 0 Å². The molecule has 0 amide bonds. The number of nitrogens with zero attached hydrogens (tertiary/aromatic N) is 2. The van der Waals surface area contributed by atoms with Crippen LogP contribution in [0.1, 0.15) is 208 Å². The first-order valence-electron chi connectivity index (χ1n) is 32.7. The second kappa shape index (κ2) is 20.6. The molecule has 0 aromatic rings. The van der Waals surface area contributed by atoms with Gasteiger partial charge in [0.25, 0.3) is 0 Å². The molecule has 0 spiro atoms. The Morgan fingerprint density at radius 2 is 0.700 bits per heavy atom. The highest BCUT2D eigenvalue weighted by molar-refractivity contribution is 5.18. The van der Waals surface area contributed by atoms with E-state index in [0.29, 0.717) is 0 Å². The summed E-state index contributed by atoms with van der Waals surface area (Å²) in [6.07, 6.45) is 38.8. The van der Waals surface area contributed by atoms with E-state index in [0.717, 1.165) is 167 Å². The van der Waals surface area contributed by atoms with Crippen LogP contribution in [0.5, 0.6) is 0 Å². The number of likely N-dealkylation sites (tertiary alicyclic amines) is 2. The van der Waals surface area contributed by atoms with Gasteiger partial charge in [0.05, 0.1) is 0 Å². The van der Waals surface area contributed by atoms with Crippen LogP contribution in [-0.2, 0) is 0 Å². The van der Waals surface area contributed by atoms with Crippen molar-refractivity contribution in [1.82, 2.24) is 31.1 Å². The van der Waals surface area contributed by atoms with E-state index in [9.17, 15) is 0 Å². The average molecular weight is 964 g/mol. The molecule has 24 unspecified atom stereocenters. The van der Waals surface area contributed by atoms with Gasteiger partial charge in [0.2, 0.25) is 0 Å². The Labute approximate surface area is 430 Å². The molecular weight excluding hydrogens is 853 g/mol. The van der Waals surface area contributed by atoms with Crippen LogP contribution in [0, 0.1) is 107 Å². The summed E-state index contributed by atoms with van der Waals surface area (Å²) in [4.78, 5) is 6.98. The summed E-state index contributed by atoms with van der Waals surface area (Å²) in [6, 6.07) is 8.12. The molecule has 6 aliphatic heterocycles. The van der Waals surface area contributed by atoms with Gasteiger partial charge < -0.3 is 21.3 Å². The Hall–Kier alpha value is -0.240. The van der Waals surface area contributed by atoms with Crippen LogP contribution in [0.3, 0.4) is 0 Å². The van der Waals surface area contributed by atoms with E-state index in [4.69, 9.17) is 0 Å². The minimum absolute atomic E-state index is 0.743. The maximum atomic E-state index is 4.05. The predicted octanol–water partition coefficient (Wildman–Crippen LogP) is 12.2. The van der Waals surface area contributed by atoms with Gasteiger partial charge in [-0.25, -0.2) is 0 Å². The molecule has 6 heterocycles. The molecule has 6 saturated heterocycles. The molecule has 7 saturated carbocycles. The van der Waals surface area contributed by atoms with Gasteiger partial charge in [0.1, 0.15) is 0 Å². The third-order valence-corrected chi connectivity index (χ3v) is 26.8. The molecular formula is C64H110N6. The lowest BCUT2D eigenvalue weighted by molar-refractivity contribution is -0.0721. The van der Waals surface area contributed by atoms with Gasteiger partial charge in [0, 0.05) is 60.4 Å². The number of nitrogens with one attached hydrogen (secondary N) is 4. The van der Waals surface area contributed by atoms with Crippen molar-refractivity contribution in [2.24, 2.45) is 107 Å². The van der Waals surface area contributed by atoms with E-state index in [-0.39, 0.29) is 0 Å². The first-order chi connectivity index (χ1) is 34.2. The smallest absolute Gasteiger partial charge is 0.0252 e. The highest BCUT2D eigenvalue weighted by atomic mass is 15.3. The van der Waals surface area contributed by atoms with Crippen molar-refractivity contribution in [3.8, 4) is 0 Å². The van der Waals surface area contributed by atoms with Crippen molar-refractivity contribution in [1.29, 1.82) is 0 Å². The molecule has 4 N–H and O–H groups in total. The van der Waals surface area contributed by atoms with Crippen molar-refractivity contribution < 1.29 is 0 Å². The number of fused-ring (bicyclic) bond motifs is 9. The van der Waals surface area contributed by atoms with Gasteiger partial charge >= 0.3 is 0 Å². The molecule has 0 bridgehead atoms. The minimum Gasteiger partial charge on any atom is -0.312 e. The predicted molar refractivity (Wildman–Crippen MR) is 290 cm³/mol. The molecule has 0 radical (unpaired) electrons. The largest absolute Gasteiger partial charge is 0.312 e. The Morgan fingerprint density at radius 1 is 0.300 bits per heavy atom. The van der Waals surface area contributed by atoms with Gasteiger partial charge in [-0.2, -0.15) is 0 Å². The fourth-order valence-corrected chi connectivity index (χ4v) is 25.0. The first-order valence-corrected chi connectivity index (χ1v) is 32.7. The van der Waals surface area contributed by atoms with Gasteiger partial charge in [0.15, 0.2) is 0 Å². The normalized spacial score (nSPS) is 56.7. The summed E-state index contributed by atoms with van der Waals surface area (Å²) in [5.74, 6) is 16.7. The van der Waals surface area contributed by atoms with Crippen LogP contribution in [-0.4, -0.2) is 96.4 Å². The van der Waals surface area contributed by atoms with Gasteiger partial charge in [-0.05, 0) is 274 Å². The molecule has 13 rings (SSSR count). The number of piperidine rings is 4. The van der Waals surface area contributed by atoms with E-state index in [1.165, 1.54) is 180 Å². The van der Waals surface area contributed by atoms with Crippen LogP contribution in [0.15, 0.2) is 0 Å². The van der Waals surface area contributed by atoms with Crippen LogP contribution >= 0.6 is 0 Å². The molecule has 6 nitrogen and oxygen atoms in total. The second-order valence-electron chi connectivity index (χ2n) is 29.6. The maximum Gasteiger partial charge on any atom is 0.0252 e. The summed E-state index contributed by atoms with van der Waals surface area (Å²) in [5, 5.41) is 16.0. The van der Waals surface area contributed by atoms with Crippen LogP contribution in [0.25, 0.3) is 0 Å². The highest BCUT2D eigenvalue weighted by Gasteiger charge is 2.66. The quantitative estimate of drug-likeness (QED) is 0.213. The monoisotopic (exact) mass is 963 g/mol. The molecule has 7 aliphatic carbocycles. The topological polar surface area (TPSA) is 54.6 Å². The van der Waals surface area contributed by atoms with Crippen molar-refractivity contribution in [2.75, 3.05) is 26.2 Å². The van der Waals surface area contributed by atoms with Gasteiger partial charge in [-0.15, -0.1) is 0 Å². The maximum absolute atomic E-state index is 4.05. The summed E-state index contributed by atoms with van der Waals surface area (Å²) in [7, 11) is 0. The van der Waals surface area contributed by atoms with E-state index in [2.05, 4.69) is 72.6 Å². The number of hydrogen-bond donors (Lipinski definition) is 4. The molecule has 0 aromatic heterocycles. The molecule has 24 atom stereocenters. The Kier molecular flexibility index (Phi) is 14.5. The molecule has 13 fully saturated rings. The highest BCUT2D eigenvalue weighted by Crippen LogP contribution is 2.64. The van der Waals surface area contributed by atoms with E-state index in [1.807, 2.05) is 0 Å². The lowest BCUT2D eigenvalue weighted by Crippen LogP contribution is -2.61. The summed E-state index contributed by atoms with van der Waals surface area (Å²) >= 11 is 0. The number of rotatable bonds is 6. The van der Waals surface area contributed by atoms with E-state index in [1.54, 1.807) is 12.8 Å². The van der Waals surface area contributed by atoms with Gasteiger partial charge in [-0.1, -0.05) is 67.2 Å². The molecule has 13 aliphatic rings. The number of hydrogen-bond acceptors (Lipinski definition) is 6. The van der Waals surface area contributed by atoms with E-state index < -0.39 is 0 Å². The Morgan fingerprint density at radius 3 is 1.13 bits per heavy atom. The van der Waals surface area contributed by atoms with Crippen molar-refractivity contribution in [3.05, 3.63) is 0 Å². The van der Waals surface area contributed by atoms with Gasteiger partial charge in [-0.3, -0.25) is 9.80 Å². The molecule has 0 aromatic carbocycles. The Balaban J connectivity index is 0.728. The summed E-state index contributed by atoms with van der Waals surface area (Å²) in [6.45, 7) is 21.8. The van der Waals surface area contributed by atoms with Crippen LogP contribution in [0.2, 0.25) is 0 Å². The van der Waals surface area contributed by atoms with E-state index >= 15 is 0 Å². The second-order valence-corrected chi connectivity index (χ2v) is 29.6. The first kappa shape index (κ1) is 49.3. The lowest BCUT2D eigenvalue weighted by Gasteiger charge is -2.56. The lowest BCUT2D eigenvalue weighted by atomic mass is 9.57. The van der Waals surface area contributed by atoms with Crippen LogP contribution < -0.4 is 21.3 Å². The van der Waals surface area contributed by atoms with Crippen molar-refractivity contribution in [3.63, 3.8) is 0 Å². The SMILES string of the molecule is CC1CC(C)C(N2C3CCCCC3C3C4C5CCCCC5N(C5C(C)CC(C)C(C6CCC(C7CCNC8CCCNC87)CC6)C5C)C4CCC32)C(C)C1C1CCC(C2CCNC3CCCNC32)CC1.